The van der Waals surface area contributed by atoms with Crippen LogP contribution in [-0.4, -0.2) is 15.2 Å². The van der Waals surface area contributed by atoms with Crippen LogP contribution in [0.3, 0.4) is 0 Å². The lowest BCUT2D eigenvalue weighted by molar-refractivity contribution is 0.249. The third-order valence-corrected chi connectivity index (χ3v) is 7.76. The topological polar surface area (TPSA) is 82.5 Å². The normalized spacial score (nSPS) is 30.5. The molecule has 5 nitrogen and oxygen atoms in total. The lowest BCUT2D eigenvalue weighted by Gasteiger charge is -2.44. The number of nitrogens with two attached hydrogens (primary N) is 1. The van der Waals surface area contributed by atoms with Gasteiger partial charge in [-0.05, 0) is 84.4 Å². The van der Waals surface area contributed by atoms with Gasteiger partial charge in [-0.15, -0.1) is 0 Å². The Morgan fingerprint density at radius 1 is 0.964 bits per heavy atom. The summed E-state index contributed by atoms with van der Waals surface area (Å²) in [6.45, 7) is 0. The van der Waals surface area contributed by atoms with E-state index in [1.807, 2.05) is 0 Å². The number of aromatic nitrogens is 3. The Balaban J connectivity index is 1.44. The zero-order chi connectivity index (χ0) is 18.4. The van der Waals surface area contributed by atoms with E-state index in [0.29, 0.717) is 23.7 Å². The molecule has 140 valence electrons. The van der Waals surface area contributed by atoms with Gasteiger partial charge in [-0.2, -0.15) is 5.10 Å². The molecule has 2 aromatic carbocycles. The average molecular weight is 369 g/mol. The summed E-state index contributed by atoms with van der Waals surface area (Å²) in [5, 5.41) is 13.6. The molecule has 1 aliphatic heterocycles. The van der Waals surface area contributed by atoms with Crippen molar-refractivity contribution in [3.05, 3.63) is 53.7 Å². The molecule has 2 bridgehead atoms. The van der Waals surface area contributed by atoms with Gasteiger partial charge in [0.25, 0.3) is 0 Å². The molecule has 0 amide bonds. The molecular formula is C23H23N5. The molecule has 5 unspecified atom stereocenters. The number of anilines is 2. The monoisotopic (exact) mass is 369 g/mol. The molecule has 4 aromatic rings. The largest absolute Gasteiger partial charge is 0.382 e. The van der Waals surface area contributed by atoms with E-state index < -0.39 is 0 Å². The molecular weight excluding hydrogens is 346 g/mol. The van der Waals surface area contributed by atoms with Crippen LogP contribution in [0.1, 0.15) is 42.3 Å². The van der Waals surface area contributed by atoms with Gasteiger partial charge in [-0.25, -0.2) is 0 Å². The fourth-order valence-corrected chi connectivity index (χ4v) is 6.70. The number of nitrogen functional groups attached to an aromatic ring is 1. The molecule has 2 fully saturated rings. The molecule has 3 aliphatic rings. The van der Waals surface area contributed by atoms with Crippen LogP contribution in [0.25, 0.3) is 21.8 Å². The van der Waals surface area contributed by atoms with Crippen LogP contribution in [-0.2, 0) is 0 Å². The van der Waals surface area contributed by atoms with Crippen molar-refractivity contribution in [1.82, 2.24) is 15.2 Å². The Kier molecular flexibility index (Phi) is 2.74. The maximum Gasteiger partial charge on any atom is 0.153 e. The Labute approximate surface area is 162 Å². The summed E-state index contributed by atoms with van der Waals surface area (Å²) in [4.78, 5) is 3.41. The second-order valence-electron chi connectivity index (χ2n) is 8.94. The molecule has 3 heterocycles. The minimum atomic E-state index is 0.336. The summed E-state index contributed by atoms with van der Waals surface area (Å²) in [5.41, 5.74) is 12.6. The van der Waals surface area contributed by atoms with E-state index in [9.17, 15) is 0 Å². The SMILES string of the molecule is Nc1n[nH]c2ccc(C3Nc4ccc5[nH]ccc5c4C4C5CCC(C5)C34)cc12. The standard InChI is InChI=1S/C23H23N5/c24-23-15-10-13(3-4-17(15)27-28-23)22-20-12-2-1-11(9-12)19(20)21-14-7-8-25-16(14)5-6-18(21)26-22/h3-8,10-12,19-20,22,25-26H,1-2,9H2,(H3,24,27,28). The van der Waals surface area contributed by atoms with Gasteiger partial charge in [0.2, 0.25) is 0 Å². The van der Waals surface area contributed by atoms with Crippen LogP contribution >= 0.6 is 0 Å². The molecule has 0 saturated heterocycles. The lowest BCUT2D eigenvalue weighted by Crippen LogP contribution is -2.35. The van der Waals surface area contributed by atoms with Crippen molar-refractivity contribution in [2.24, 2.45) is 17.8 Å². The Morgan fingerprint density at radius 3 is 2.82 bits per heavy atom. The third-order valence-electron chi connectivity index (χ3n) is 7.76. The Hall–Kier alpha value is -2.95. The highest BCUT2D eigenvalue weighted by molar-refractivity contribution is 5.91. The average Bonchev–Trinajstić information content (AvgIpc) is 3.51. The zero-order valence-corrected chi connectivity index (χ0v) is 15.6. The fourth-order valence-electron chi connectivity index (χ4n) is 6.70. The van der Waals surface area contributed by atoms with E-state index in [1.54, 1.807) is 5.56 Å². The second kappa shape index (κ2) is 5.10. The van der Waals surface area contributed by atoms with Gasteiger partial charge in [0.15, 0.2) is 5.82 Å². The fraction of sp³-hybridized carbons (Fsp3) is 0.348. The lowest BCUT2D eigenvalue weighted by atomic mass is 9.67. The third kappa shape index (κ3) is 1.79. The molecule has 5 N–H and O–H groups in total. The van der Waals surface area contributed by atoms with Crippen LogP contribution in [0, 0.1) is 17.8 Å². The van der Waals surface area contributed by atoms with E-state index in [2.05, 4.69) is 63.1 Å². The van der Waals surface area contributed by atoms with Crippen LogP contribution in [0.4, 0.5) is 11.5 Å². The second-order valence-corrected chi connectivity index (χ2v) is 8.94. The maximum atomic E-state index is 6.10. The number of hydrogen-bond donors (Lipinski definition) is 4. The van der Waals surface area contributed by atoms with E-state index in [4.69, 9.17) is 5.73 Å². The van der Waals surface area contributed by atoms with Crippen LogP contribution in [0.2, 0.25) is 0 Å². The number of aromatic amines is 2. The summed E-state index contributed by atoms with van der Waals surface area (Å²) in [5.74, 6) is 3.52. The van der Waals surface area contributed by atoms with Crippen molar-refractivity contribution in [3.8, 4) is 0 Å². The van der Waals surface area contributed by atoms with Crippen LogP contribution in [0.5, 0.6) is 0 Å². The van der Waals surface area contributed by atoms with Gasteiger partial charge >= 0.3 is 0 Å². The predicted molar refractivity (Wildman–Crippen MR) is 112 cm³/mol. The van der Waals surface area contributed by atoms with Gasteiger partial charge in [-0.1, -0.05) is 6.07 Å². The highest BCUT2D eigenvalue weighted by atomic mass is 15.1. The summed E-state index contributed by atoms with van der Waals surface area (Å²) < 4.78 is 0. The summed E-state index contributed by atoms with van der Waals surface area (Å²) in [6.07, 6.45) is 6.21. The Morgan fingerprint density at radius 2 is 1.86 bits per heavy atom. The molecule has 0 radical (unpaired) electrons. The minimum absolute atomic E-state index is 0.336. The smallest absolute Gasteiger partial charge is 0.153 e. The number of hydrogen-bond acceptors (Lipinski definition) is 3. The number of fused-ring (bicyclic) bond motifs is 10. The first-order valence-corrected chi connectivity index (χ1v) is 10.4. The van der Waals surface area contributed by atoms with Crippen LogP contribution < -0.4 is 11.1 Å². The molecule has 2 aromatic heterocycles. The molecule has 28 heavy (non-hydrogen) atoms. The first-order chi connectivity index (χ1) is 13.8. The number of rotatable bonds is 1. The van der Waals surface area contributed by atoms with Crippen LogP contribution in [0.15, 0.2) is 42.6 Å². The molecule has 2 saturated carbocycles. The van der Waals surface area contributed by atoms with Gasteiger partial charge in [-0.3, -0.25) is 5.10 Å². The molecule has 5 heteroatoms. The Bertz CT molecular complexity index is 1230. The van der Waals surface area contributed by atoms with Crippen molar-refractivity contribution >= 4 is 33.3 Å². The quantitative estimate of drug-likeness (QED) is 0.384. The predicted octanol–water partition coefficient (Wildman–Crippen LogP) is 4.92. The van der Waals surface area contributed by atoms with E-state index in [-0.39, 0.29) is 0 Å². The highest BCUT2D eigenvalue weighted by Gasteiger charge is 2.54. The van der Waals surface area contributed by atoms with E-state index in [1.165, 1.54) is 41.4 Å². The zero-order valence-electron chi connectivity index (χ0n) is 15.6. The van der Waals surface area contributed by atoms with Crippen molar-refractivity contribution in [2.45, 2.75) is 31.2 Å². The summed E-state index contributed by atoms with van der Waals surface area (Å²) >= 11 is 0. The number of nitrogens with one attached hydrogen (secondary N) is 3. The van der Waals surface area contributed by atoms with Crippen molar-refractivity contribution < 1.29 is 0 Å². The first-order valence-electron chi connectivity index (χ1n) is 10.4. The van der Waals surface area contributed by atoms with Gasteiger partial charge < -0.3 is 16.0 Å². The first kappa shape index (κ1) is 15.0. The summed E-state index contributed by atoms with van der Waals surface area (Å²) in [6, 6.07) is 13.7. The number of H-pyrrole nitrogens is 2. The van der Waals surface area contributed by atoms with E-state index in [0.717, 1.165) is 22.7 Å². The number of benzene rings is 2. The number of nitrogens with zero attached hydrogens (tertiary/aromatic N) is 1. The van der Waals surface area contributed by atoms with Crippen molar-refractivity contribution in [1.29, 1.82) is 0 Å². The van der Waals surface area contributed by atoms with Gasteiger partial charge in [0.1, 0.15) is 0 Å². The summed E-state index contributed by atoms with van der Waals surface area (Å²) in [7, 11) is 0. The maximum absolute atomic E-state index is 6.10. The van der Waals surface area contributed by atoms with Crippen molar-refractivity contribution in [2.75, 3.05) is 11.1 Å². The minimum Gasteiger partial charge on any atom is -0.382 e. The molecule has 7 rings (SSSR count). The highest BCUT2D eigenvalue weighted by Crippen LogP contribution is 2.64. The van der Waals surface area contributed by atoms with Gasteiger partial charge in [0.05, 0.1) is 11.6 Å². The molecule has 5 atom stereocenters. The van der Waals surface area contributed by atoms with Gasteiger partial charge in [0, 0.05) is 28.2 Å². The van der Waals surface area contributed by atoms with E-state index >= 15 is 0 Å². The van der Waals surface area contributed by atoms with Crippen molar-refractivity contribution in [3.63, 3.8) is 0 Å². The molecule has 0 spiro atoms. The molecule has 2 aliphatic carbocycles.